The van der Waals surface area contributed by atoms with Crippen molar-refractivity contribution in [3.63, 3.8) is 0 Å². The fourth-order valence-electron chi connectivity index (χ4n) is 2.01. The van der Waals surface area contributed by atoms with E-state index in [1.807, 2.05) is 18.2 Å². The van der Waals surface area contributed by atoms with Crippen molar-refractivity contribution >= 4 is 11.7 Å². The molecule has 98 valence electrons. The van der Waals surface area contributed by atoms with E-state index in [2.05, 4.69) is 20.9 Å². The topological polar surface area (TPSA) is 66.0 Å². The molecule has 2 heterocycles. The first-order valence-corrected chi connectivity index (χ1v) is 6.49. The van der Waals surface area contributed by atoms with E-state index in [1.165, 1.54) is 0 Å². The van der Waals surface area contributed by atoms with Gasteiger partial charge in [-0.15, -0.1) is 0 Å². The number of anilines is 1. The van der Waals surface area contributed by atoms with E-state index in [0.717, 1.165) is 44.8 Å². The van der Waals surface area contributed by atoms with Crippen LogP contribution in [-0.2, 0) is 4.79 Å². The number of hydrogen-bond acceptors (Lipinski definition) is 4. The lowest BCUT2D eigenvalue weighted by Crippen LogP contribution is -2.33. The number of amides is 1. The summed E-state index contributed by atoms with van der Waals surface area (Å²) in [7, 11) is 0. The van der Waals surface area contributed by atoms with Gasteiger partial charge in [0.2, 0.25) is 5.91 Å². The highest BCUT2D eigenvalue weighted by atomic mass is 16.1. The normalized spacial score (nSPS) is 18.6. The predicted octanol–water partition coefficient (Wildman–Crippen LogP) is 0.609. The van der Waals surface area contributed by atoms with E-state index >= 15 is 0 Å². The number of carbonyl (C=O) groups is 1. The highest BCUT2D eigenvalue weighted by molar-refractivity contribution is 5.79. The third-order valence-corrected chi connectivity index (χ3v) is 3.05. The van der Waals surface area contributed by atoms with Gasteiger partial charge in [-0.1, -0.05) is 6.07 Å². The van der Waals surface area contributed by atoms with Crippen LogP contribution in [0, 0.1) is 5.92 Å². The van der Waals surface area contributed by atoms with Gasteiger partial charge in [0.1, 0.15) is 5.82 Å². The maximum atomic E-state index is 11.7. The Balaban J connectivity index is 1.54. The number of pyridine rings is 1. The molecule has 1 aliphatic rings. The van der Waals surface area contributed by atoms with Crippen LogP contribution in [0.15, 0.2) is 24.4 Å². The Hall–Kier alpha value is -1.62. The van der Waals surface area contributed by atoms with Crippen LogP contribution in [0.1, 0.15) is 12.8 Å². The summed E-state index contributed by atoms with van der Waals surface area (Å²) >= 11 is 0. The molecular formula is C13H20N4O. The van der Waals surface area contributed by atoms with Gasteiger partial charge in [-0.05, 0) is 31.5 Å². The Morgan fingerprint density at radius 2 is 2.39 bits per heavy atom. The van der Waals surface area contributed by atoms with Crippen LogP contribution in [0.5, 0.6) is 0 Å². The van der Waals surface area contributed by atoms with Gasteiger partial charge in [-0.3, -0.25) is 4.79 Å². The molecule has 1 atom stereocenters. The standard InChI is InChI=1S/C13H20N4O/c18-13(11-5-9-14-10-11)17-8-3-7-16-12-4-1-2-6-15-12/h1-2,4,6,11,14H,3,5,7-10H2,(H,15,16)(H,17,18). The Bertz CT molecular complexity index is 363. The molecule has 0 aromatic carbocycles. The molecule has 0 bridgehead atoms. The summed E-state index contributed by atoms with van der Waals surface area (Å²) in [5, 5.41) is 9.38. The molecule has 1 fully saturated rings. The Morgan fingerprint density at radius 1 is 1.44 bits per heavy atom. The average molecular weight is 248 g/mol. The smallest absolute Gasteiger partial charge is 0.224 e. The summed E-state index contributed by atoms with van der Waals surface area (Å²) < 4.78 is 0. The highest BCUT2D eigenvalue weighted by Gasteiger charge is 2.21. The third kappa shape index (κ3) is 4.00. The van der Waals surface area contributed by atoms with Gasteiger partial charge < -0.3 is 16.0 Å². The van der Waals surface area contributed by atoms with Crippen molar-refractivity contribution < 1.29 is 4.79 Å². The fourth-order valence-corrected chi connectivity index (χ4v) is 2.01. The van der Waals surface area contributed by atoms with Crippen molar-refractivity contribution in [2.45, 2.75) is 12.8 Å². The van der Waals surface area contributed by atoms with E-state index in [-0.39, 0.29) is 11.8 Å². The first-order chi connectivity index (χ1) is 8.86. The molecule has 2 rings (SSSR count). The molecule has 0 radical (unpaired) electrons. The van der Waals surface area contributed by atoms with E-state index in [0.29, 0.717) is 0 Å². The van der Waals surface area contributed by atoms with Crippen molar-refractivity contribution in [3.05, 3.63) is 24.4 Å². The van der Waals surface area contributed by atoms with Gasteiger partial charge in [0, 0.05) is 25.8 Å². The maximum absolute atomic E-state index is 11.7. The van der Waals surface area contributed by atoms with Gasteiger partial charge in [0.15, 0.2) is 0 Å². The summed E-state index contributed by atoms with van der Waals surface area (Å²) in [5.74, 6) is 1.22. The van der Waals surface area contributed by atoms with Crippen LogP contribution in [0.25, 0.3) is 0 Å². The Labute approximate surface area is 107 Å². The number of rotatable bonds is 6. The summed E-state index contributed by atoms with van der Waals surface area (Å²) in [4.78, 5) is 15.9. The lowest BCUT2D eigenvalue weighted by atomic mass is 10.1. The third-order valence-electron chi connectivity index (χ3n) is 3.05. The molecule has 0 spiro atoms. The first-order valence-electron chi connectivity index (χ1n) is 6.49. The Kier molecular flexibility index (Phi) is 4.96. The quantitative estimate of drug-likeness (QED) is 0.645. The van der Waals surface area contributed by atoms with E-state index in [4.69, 9.17) is 0 Å². The van der Waals surface area contributed by atoms with E-state index in [1.54, 1.807) is 6.20 Å². The van der Waals surface area contributed by atoms with Crippen LogP contribution in [0.3, 0.4) is 0 Å². The Morgan fingerprint density at radius 3 is 3.11 bits per heavy atom. The van der Waals surface area contributed by atoms with Crippen LogP contribution in [0.4, 0.5) is 5.82 Å². The molecular weight excluding hydrogens is 228 g/mol. The molecule has 0 aliphatic carbocycles. The number of hydrogen-bond donors (Lipinski definition) is 3. The van der Waals surface area contributed by atoms with Gasteiger partial charge in [0.25, 0.3) is 0 Å². The van der Waals surface area contributed by atoms with Crippen molar-refractivity contribution in [2.24, 2.45) is 5.92 Å². The number of nitrogens with one attached hydrogen (secondary N) is 3. The second-order valence-electron chi connectivity index (χ2n) is 4.48. The van der Waals surface area contributed by atoms with Crippen molar-refractivity contribution in [2.75, 3.05) is 31.5 Å². The SMILES string of the molecule is O=C(NCCCNc1ccccn1)C1CCNC1. The molecule has 5 heteroatoms. The van der Waals surface area contributed by atoms with Crippen LogP contribution in [-0.4, -0.2) is 37.1 Å². The molecule has 1 aromatic heterocycles. The maximum Gasteiger partial charge on any atom is 0.224 e. The van der Waals surface area contributed by atoms with Crippen molar-refractivity contribution in [1.29, 1.82) is 0 Å². The first kappa shape index (κ1) is 12.8. The number of nitrogens with zero attached hydrogens (tertiary/aromatic N) is 1. The molecule has 1 aromatic rings. The number of carbonyl (C=O) groups excluding carboxylic acids is 1. The van der Waals surface area contributed by atoms with Crippen LogP contribution < -0.4 is 16.0 Å². The lowest BCUT2D eigenvalue weighted by molar-refractivity contribution is -0.124. The molecule has 5 nitrogen and oxygen atoms in total. The molecule has 1 amide bonds. The predicted molar refractivity (Wildman–Crippen MR) is 71.3 cm³/mol. The van der Waals surface area contributed by atoms with E-state index < -0.39 is 0 Å². The molecule has 1 aliphatic heterocycles. The summed E-state index contributed by atoms with van der Waals surface area (Å²) in [6.45, 7) is 3.31. The largest absolute Gasteiger partial charge is 0.370 e. The molecule has 18 heavy (non-hydrogen) atoms. The van der Waals surface area contributed by atoms with Gasteiger partial charge in [0.05, 0.1) is 5.92 Å². The zero-order chi connectivity index (χ0) is 12.6. The summed E-state index contributed by atoms with van der Waals surface area (Å²) in [6, 6.07) is 5.77. The molecule has 1 unspecified atom stereocenters. The van der Waals surface area contributed by atoms with Gasteiger partial charge >= 0.3 is 0 Å². The molecule has 0 saturated carbocycles. The second-order valence-corrected chi connectivity index (χ2v) is 4.48. The fraction of sp³-hybridized carbons (Fsp3) is 0.538. The zero-order valence-electron chi connectivity index (χ0n) is 10.5. The van der Waals surface area contributed by atoms with Crippen LogP contribution in [0.2, 0.25) is 0 Å². The average Bonchev–Trinajstić information content (AvgIpc) is 2.93. The summed E-state index contributed by atoms with van der Waals surface area (Å²) in [6.07, 6.45) is 3.62. The van der Waals surface area contributed by atoms with Gasteiger partial charge in [-0.2, -0.15) is 0 Å². The molecule has 3 N–H and O–H groups in total. The molecule has 1 saturated heterocycles. The minimum Gasteiger partial charge on any atom is -0.370 e. The minimum atomic E-state index is 0.161. The van der Waals surface area contributed by atoms with Crippen LogP contribution >= 0.6 is 0 Å². The van der Waals surface area contributed by atoms with Crippen molar-refractivity contribution in [1.82, 2.24) is 15.6 Å². The van der Waals surface area contributed by atoms with Crippen molar-refractivity contribution in [3.8, 4) is 0 Å². The lowest BCUT2D eigenvalue weighted by Gasteiger charge is -2.10. The number of aromatic nitrogens is 1. The minimum absolute atomic E-state index is 0.161. The monoisotopic (exact) mass is 248 g/mol. The van der Waals surface area contributed by atoms with E-state index in [9.17, 15) is 4.79 Å². The zero-order valence-corrected chi connectivity index (χ0v) is 10.5. The second kappa shape index (κ2) is 6.96. The summed E-state index contributed by atoms with van der Waals surface area (Å²) in [5.41, 5.74) is 0. The van der Waals surface area contributed by atoms with Gasteiger partial charge in [-0.25, -0.2) is 4.98 Å². The highest BCUT2D eigenvalue weighted by Crippen LogP contribution is 2.06.